The van der Waals surface area contributed by atoms with Gasteiger partial charge < -0.3 is 15.8 Å². The number of nitrogen functional groups attached to an aromatic ring is 1. The predicted octanol–water partition coefficient (Wildman–Crippen LogP) is 2.16. The van der Waals surface area contributed by atoms with Crippen LogP contribution in [-0.2, 0) is 7.05 Å². The minimum atomic E-state index is 0.233. The summed E-state index contributed by atoms with van der Waals surface area (Å²) in [6.07, 6.45) is 1.66. The van der Waals surface area contributed by atoms with Crippen LogP contribution in [0.15, 0.2) is 24.4 Å². The molecule has 18 heavy (non-hydrogen) atoms. The number of aryl methyl sites for hydroxylation is 2. The summed E-state index contributed by atoms with van der Waals surface area (Å²) in [5.41, 5.74) is 9.31. The maximum atomic E-state index is 10.3. The highest BCUT2D eigenvalue weighted by Crippen LogP contribution is 2.38. The number of benzene rings is 1. The van der Waals surface area contributed by atoms with Crippen LogP contribution in [0.3, 0.4) is 0 Å². The Bertz CT molecular complexity index is 739. The third-order valence-corrected chi connectivity index (χ3v) is 3.18. The number of hydrogen-bond donors (Lipinski definition) is 3. The van der Waals surface area contributed by atoms with Gasteiger partial charge in [0.05, 0.1) is 6.20 Å². The molecule has 0 fully saturated rings. The molecule has 0 saturated heterocycles. The summed E-state index contributed by atoms with van der Waals surface area (Å²) in [4.78, 5) is 3.19. The van der Waals surface area contributed by atoms with Crippen molar-refractivity contribution in [3.8, 4) is 16.9 Å². The second-order valence-electron chi connectivity index (χ2n) is 4.44. The molecule has 4 N–H and O–H groups in total. The second-order valence-corrected chi connectivity index (χ2v) is 4.44. The molecule has 5 heteroatoms. The molecule has 0 unspecified atom stereocenters. The highest BCUT2D eigenvalue weighted by molar-refractivity contribution is 5.95. The van der Waals surface area contributed by atoms with Crippen molar-refractivity contribution in [1.82, 2.24) is 14.8 Å². The molecule has 2 aromatic heterocycles. The van der Waals surface area contributed by atoms with E-state index in [1.807, 2.05) is 25.1 Å². The number of H-pyrrole nitrogens is 1. The van der Waals surface area contributed by atoms with Crippen LogP contribution in [0.1, 0.15) is 5.69 Å². The van der Waals surface area contributed by atoms with E-state index in [-0.39, 0.29) is 5.75 Å². The number of nitrogens with zero attached hydrogens (tertiary/aromatic N) is 2. The van der Waals surface area contributed by atoms with Gasteiger partial charge in [0.2, 0.25) is 0 Å². The fourth-order valence-corrected chi connectivity index (χ4v) is 2.20. The Balaban J connectivity index is 2.30. The molecule has 2 heterocycles. The van der Waals surface area contributed by atoms with Crippen molar-refractivity contribution in [2.24, 2.45) is 7.05 Å². The highest BCUT2D eigenvalue weighted by Gasteiger charge is 2.14. The molecule has 0 atom stereocenters. The summed E-state index contributed by atoms with van der Waals surface area (Å²) in [5.74, 6) is 0.772. The number of aromatic amines is 1. The molecule has 3 aromatic rings. The summed E-state index contributed by atoms with van der Waals surface area (Å²) in [5, 5.41) is 15.2. The SMILES string of the molecule is Cc1cc2c(O)c(-c3cnn(C)c3N)ccc2[nH]1. The van der Waals surface area contributed by atoms with Crippen molar-refractivity contribution in [2.45, 2.75) is 6.92 Å². The molecule has 0 spiro atoms. The average molecular weight is 242 g/mol. The van der Waals surface area contributed by atoms with Gasteiger partial charge in [0, 0.05) is 34.8 Å². The number of anilines is 1. The zero-order valence-electron chi connectivity index (χ0n) is 10.2. The average Bonchev–Trinajstić information content (AvgIpc) is 2.86. The summed E-state index contributed by atoms with van der Waals surface area (Å²) in [6.45, 7) is 1.96. The lowest BCUT2D eigenvalue weighted by Gasteiger charge is -2.05. The maximum Gasteiger partial charge on any atom is 0.132 e. The van der Waals surface area contributed by atoms with Crippen LogP contribution in [0.25, 0.3) is 22.0 Å². The molecule has 0 radical (unpaired) electrons. The second kappa shape index (κ2) is 3.53. The summed E-state index contributed by atoms with van der Waals surface area (Å²) < 4.78 is 1.58. The van der Waals surface area contributed by atoms with Crippen LogP contribution in [-0.4, -0.2) is 19.9 Å². The van der Waals surface area contributed by atoms with Crippen molar-refractivity contribution in [3.05, 3.63) is 30.1 Å². The van der Waals surface area contributed by atoms with E-state index in [1.165, 1.54) is 0 Å². The molecule has 5 nitrogen and oxygen atoms in total. The van der Waals surface area contributed by atoms with Gasteiger partial charge in [-0.05, 0) is 25.1 Å². The first kappa shape index (κ1) is 10.7. The fourth-order valence-electron chi connectivity index (χ4n) is 2.20. The van der Waals surface area contributed by atoms with Crippen molar-refractivity contribution < 1.29 is 5.11 Å². The first-order valence-electron chi connectivity index (χ1n) is 5.67. The quantitative estimate of drug-likeness (QED) is 0.611. The van der Waals surface area contributed by atoms with Gasteiger partial charge in [0.25, 0.3) is 0 Å². The summed E-state index contributed by atoms with van der Waals surface area (Å²) in [6, 6.07) is 5.70. The molecule has 0 saturated carbocycles. The molecule has 0 aliphatic heterocycles. The van der Waals surface area contributed by atoms with Crippen LogP contribution < -0.4 is 5.73 Å². The number of hydrogen-bond acceptors (Lipinski definition) is 3. The van der Waals surface area contributed by atoms with Gasteiger partial charge in [-0.15, -0.1) is 0 Å². The van der Waals surface area contributed by atoms with Gasteiger partial charge in [0.15, 0.2) is 0 Å². The van der Waals surface area contributed by atoms with Crippen LogP contribution in [0, 0.1) is 6.92 Å². The van der Waals surface area contributed by atoms with E-state index >= 15 is 0 Å². The normalized spacial score (nSPS) is 11.2. The number of phenols is 1. The molecule has 0 aliphatic rings. The summed E-state index contributed by atoms with van der Waals surface area (Å²) >= 11 is 0. The molecule has 0 amide bonds. The van der Waals surface area contributed by atoms with Crippen LogP contribution in [0.4, 0.5) is 5.82 Å². The predicted molar refractivity (Wildman–Crippen MR) is 71.3 cm³/mol. The first-order valence-corrected chi connectivity index (χ1v) is 5.67. The van der Waals surface area contributed by atoms with Gasteiger partial charge in [-0.2, -0.15) is 5.10 Å². The Kier molecular flexibility index (Phi) is 2.10. The Morgan fingerprint density at radius 2 is 2.11 bits per heavy atom. The third-order valence-electron chi connectivity index (χ3n) is 3.18. The Morgan fingerprint density at radius 1 is 1.33 bits per heavy atom. The zero-order valence-corrected chi connectivity index (χ0v) is 10.2. The van der Waals surface area contributed by atoms with E-state index in [2.05, 4.69) is 10.1 Å². The van der Waals surface area contributed by atoms with Crippen LogP contribution >= 0.6 is 0 Å². The first-order chi connectivity index (χ1) is 8.58. The Morgan fingerprint density at radius 3 is 2.78 bits per heavy atom. The van der Waals surface area contributed by atoms with E-state index < -0.39 is 0 Å². The number of fused-ring (bicyclic) bond motifs is 1. The maximum absolute atomic E-state index is 10.3. The Labute approximate surface area is 104 Å². The monoisotopic (exact) mass is 242 g/mol. The summed E-state index contributed by atoms with van der Waals surface area (Å²) in [7, 11) is 1.77. The van der Waals surface area contributed by atoms with Gasteiger partial charge in [-0.25, -0.2) is 0 Å². The van der Waals surface area contributed by atoms with Gasteiger partial charge in [0.1, 0.15) is 11.6 Å². The molecule has 3 rings (SSSR count). The van der Waals surface area contributed by atoms with Crippen LogP contribution in [0.5, 0.6) is 5.75 Å². The molecular formula is C13H14N4O. The van der Waals surface area contributed by atoms with Gasteiger partial charge in [-0.1, -0.05) is 0 Å². The number of nitrogens with one attached hydrogen (secondary N) is 1. The fraction of sp³-hybridized carbons (Fsp3) is 0.154. The third kappa shape index (κ3) is 1.37. The number of phenolic OH excluding ortho intramolecular Hbond substituents is 1. The van der Waals surface area contributed by atoms with E-state index in [4.69, 9.17) is 5.73 Å². The molecule has 1 aromatic carbocycles. The van der Waals surface area contributed by atoms with E-state index in [0.29, 0.717) is 11.4 Å². The Hall–Kier alpha value is -2.43. The van der Waals surface area contributed by atoms with Crippen molar-refractivity contribution in [3.63, 3.8) is 0 Å². The van der Waals surface area contributed by atoms with E-state index in [9.17, 15) is 5.11 Å². The molecule has 92 valence electrons. The number of aromatic hydroxyl groups is 1. The van der Waals surface area contributed by atoms with Crippen molar-refractivity contribution in [2.75, 3.05) is 5.73 Å². The smallest absolute Gasteiger partial charge is 0.132 e. The van der Waals surface area contributed by atoms with Gasteiger partial charge in [-0.3, -0.25) is 4.68 Å². The molecular weight excluding hydrogens is 228 g/mol. The number of rotatable bonds is 1. The van der Waals surface area contributed by atoms with E-state index in [0.717, 1.165) is 22.2 Å². The van der Waals surface area contributed by atoms with E-state index in [1.54, 1.807) is 17.9 Å². The standard InChI is InChI=1S/C13H14N4O/c1-7-5-9-11(16-7)4-3-8(12(9)18)10-6-15-17(2)13(10)14/h3-6,16,18H,14H2,1-2H3. The van der Waals surface area contributed by atoms with Gasteiger partial charge >= 0.3 is 0 Å². The number of aromatic nitrogens is 3. The lowest BCUT2D eigenvalue weighted by atomic mass is 10.0. The van der Waals surface area contributed by atoms with Crippen molar-refractivity contribution in [1.29, 1.82) is 0 Å². The number of nitrogens with two attached hydrogens (primary N) is 1. The highest BCUT2D eigenvalue weighted by atomic mass is 16.3. The lowest BCUT2D eigenvalue weighted by molar-refractivity contribution is 0.483. The largest absolute Gasteiger partial charge is 0.507 e. The topological polar surface area (TPSA) is 79.9 Å². The zero-order chi connectivity index (χ0) is 12.9. The van der Waals surface area contributed by atoms with Crippen LogP contribution in [0.2, 0.25) is 0 Å². The lowest BCUT2D eigenvalue weighted by Crippen LogP contribution is -1.98. The minimum Gasteiger partial charge on any atom is -0.507 e. The van der Waals surface area contributed by atoms with Crippen molar-refractivity contribution >= 4 is 16.7 Å². The molecule has 0 bridgehead atoms. The minimum absolute atomic E-state index is 0.233. The molecule has 0 aliphatic carbocycles.